The van der Waals surface area contributed by atoms with Crippen LogP contribution in [0, 0.1) is 0 Å². The van der Waals surface area contributed by atoms with Gasteiger partial charge < -0.3 is 10.4 Å². The van der Waals surface area contributed by atoms with Crippen molar-refractivity contribution in [2.45, 2.75) is 20.0 Å². The second-order valence-electron chi connectivity index (χ2n) is 4.15. The van der Waals surface area contributed by atoms with Gasteiger partial charge in [0.25, 0.3) is 0 Å². The lowest BCUT2D eigenvalue weighted by Gasteiger charge is -2.27. The third-order valence-corrected chi connectivity index (χ3v) is 3.06. The number of rotatable bonds is 4. The van der Waals surface area contributed by atoms with Crippen LogP contribution in [-0.2, 0) is 13.1 Å². The molecule has 0 aromatic carbocycles. The first kappa shape index (κ1) is 12.1. The van der Waals surface area contributed by atoms with E-state index < -0.39 is 5.97 Å². The Balaban J connectivity index is 2.16. The number of carbonyl (C=O) groups is 1. The van der Waals surface area contributed by atoms with Crippen LogP contribution in [0.4, 0.5) is 0 Å². The Kier molecular flexibility index (Phi) is 3.75. The van der Waals surface area contributed by atoms with Crippen molar-refractivity contribution in [1.82, 2.24) is 20.0 Å². The Hall–Kier alpha value is -1.40. The minimum Gasteiger partial charge on any atom is -0.478 e. The van der Waals surface area contributed by atoms with Crippen molar-refractivity contribution in [2.24, 2.45) is 0 Å². The van der Waals surface area contributed by atoms with E-state index in [9.17, 15) is 4.79 Å². The number of hydrogen-bond donors (Lipinski definition) is 2. The summed E-state index contributed by atoms with van der Waals surface area (Å²) in [7, 11) is 0. The third-order valence-electron chi connectivity index (χ3n) is 3.06. The second kappa shape index (κ2) is 5.29. The third kappa shape index (κ3) is 2.65. The van der Waals surface area contributed by atoms with Crippen LogP contribution < -0.4 is 5.32 Å². The predicted octanol–water partition coefficient (Wildman–Crippen LogP) is 0.00640. The molecule has 0 bridgehead atoms. The molecule has 94 valence electrons. The molecule has 2 N–H and O–H groups in total. The van der Waals surface area contributed by atoms with E-state index in [2.05, 4.69) is 15.3 Å². The molecular formula is C11H18N4O2. The number of hydrogen-bond acceptors (Lipinski definition) is 4. The molecule has 1 aliphatic heterocycles. The highest BCUT2D eigenvalue weighted by atomic mass is 16.4. The van der Waals surface area contributed by atoms with Gasteiger partial charge in [0.15, 0.2) is 0 Å². The highest BCUT2D eigenvalue weighted by Crippen LogP contribution is 2.12. The largest absolute Gasteiger partial charge is 0.478 e. The Morgan fingerprint density at radius 2 is 2.24 bits per heavy atom. The summed E-state index contributed by atoms with van der Waals surface area (Å²) in [4.78, 5) is 13.4. The molecule has 0 atom stereocenters. The predicted molar refractivity (Wildman–Crippen MR) is 63.0 cm³/mol. The molecule has 1 aromatic rings. The molecule has 2 rings (SSSR count). The van der Waals surface area contributed by atoms with Crippen LogP contribution in [-0.4, -0.2) is 51.9 Å². The smallest absolute Gasteiger partial charge is 0.339 e. The van der Waals surface area contributed by atoms with Crippen molar-refractivity contribution < 1.29 is 9.90 Å². The average molecular weight is 238 g/mol. The lowest BCUT2D eigenvalue weighted by molar-refractivity contribution is 0.0694. The lowest BCUT2D eigenvalue weighted by Crippen LogP contribution is -2.43. The molecule has 0 radical (unpaired) electrons. The van der Waals surface area contributed by atoms with Gasteiger partial charge in [-0.2, -0.15) is 5.10 Å². The highest BCUT2D eigenvalue weighted by molar-refractivity contribution is 5.88. The first-order valence-electron chi connectivity index (χ1n) is 5.93. The van der Waals surface area contributed by atoms with Gasteiger partial charge in [-0.15, -0.1) is 0 Å². The van der Waals surface area contributed by atoms with E-state index in [0.717, 1.165) is 31.9 Å². The molecule has 0 saturated carbocycles. The van der Waals surface area contributed by atoms with Gasteiger partial charge in [-0.1, -0.05) is 0 Å². The van der Waals surface area contributed by atoms with Gasteiger partial charge in [-0.25, -0.2) is 4.79 Å². The van der Waals surface area contributed by atoms with Gasteiger partial charge in [0.2, 0.25) is 0 Å². The number of nitrogens with one attached hydrogen (secondary N) is 1. The summed E-state index contributed by atoms with van der Waals surface area (Å²) in [5.41, 5.74) is 1.13. The van der Waals surface area contributed by atoms with E-state index in [1.165, 1.54) is 6.20 Å². The molecule has 0 amide bonds. The molecule has 1 aromatic heterocycles. The quantitative estimate of drug-likeness (QED) is 0.773. The van der Waals surface area contributed by atoms with E-state index >= 15 is 0 Å². The standard InChI is InChI=1S/C11H18N4O2/c1-2-15-10(9(7-13-15)11(16)17)8-14-5-3-12-4-6-14/h7,12H,2-6,8H2,1H3,(H,16,17). The molecule has 0 spiro atoms. The van der Waals surface area contributed by atoms with Crippen LogP contribution in [0.1, 0.15) is 23.0 Å². The molecule has 1 aliphatic rings. The molecule has 6 nitrogen and oxygen atoms in total. The number of aryl methyl sites for hydroxylation is 1. The van der Waals surface area contributed by atoms with E-state index in [1.54, 1.807) is 4.68 Å². The zero-order valence-corrected chi connectivity index (χ0v) is 10.0. The van der Waals surface area contributed by atoms with Crippen LogP contribution in [0.3, 0.4) is 0 Å². The molecule has 17 heavy (non-hydrogen) atoms. The van der Waals surface area contributed by atoms with E-state index in [1.807, 2.05) is 6.92 Å². The van der Waals surface area contributed by atoms with Gasteiger partial charge in [0.05, 0.1) is 11.9 Å². The van der Waals surface area contributed by atoms with Crippen LogP contribution in [0.25, 0.3) is 0 Å². The maximum Gasteiger partial charge on any atom is 0.339 e. The normalized spacial score (nSPS) is 17.2. The van der Waals surface area contributed by atoms with Crippen molar-refractivity contribution in [3.05, 3.63) is 17.5 Å². The number of aromatic carboxylic acids is 1. The van der Waals surface area contributed by atoms with E-state index in [4.69, 9.17) is 5.11 Å². The van der Waals surface area contributed by atoms with Gasteiger partial charge in [-0.3, -0.25) is 9.58 Å². The molecule has 2 heterocycles. The maximum atomic E-state index is 11.1. The fraction of sp³-hybridized carbons (Fsp3) is 0.636. The second-order valence-corrected chi connectivity index (χ2v) is 4.15. The zero-order valence-electron chi connectivity index (χ0n) is 10.0. The summed E-state index contributed by atoms with van der Waals surface area (Å²) in [6, 6.07) is 0. The van der Waals surface area contributed by atoms with Crippen molar-refractivity contribution in [1.29, 1.82) is 0 Å². The molecule has 0 unspecified atom stereocenters. The summed E-state index contributed by atoms with van der Waals surface area (Å²) in [5, 5.41) is 16.5. The number of carboxylic acid groups (broad SMARTS) is 1. The van der Waals surface area contributed by atoms with E-state index in [0.29, 0.717) is 18.7 Å². The summed E-state index contributed by atoms with van der Waals surface area (Å²) in [6.07, 6.45) is 1.45. The van der Waals surface area contributed by atoms with Gasteiger partial charge in [-0.05, 0) is 6.92 Å². The van der Waals surface area contributed by atoms with Crippen molar-refractivity contribution >= 4 is 5.97 Å². The first-order chi connectivity index (χ1) is 8.22. The fourth-order valence-corrected chi connectivity index (χ4v) is 2.11. The monoisotopic (exact) mass is 238 g/mol. The molecule has 1 saturated heterocycles. The lowest BCUT2D eigenvalue weighted by atomic mass is 10.2. The summed E-state index contributed by atoms with van der Waals surface area (Å²) in [5.74, 6) is -0.894. The fourth-order valence-electron chi connectivity index (χ4n) is 2.11. The Morgan fingerprint density at radius 3 is 2.82 bits per heavy atom. The average Bonchev–Trinajstić information content (AvgIpc) is 2.73. The minimum absolute atomic E-state index is 0.324. The number of nitrogens with zero attached hydrogens (tertiary/aromatic N) is 3. The number of carboxylic acids is 1. The first-order valence-corrected chi connectivity index (χ1v) is 5.93. The van der Waals surface area contributed by atoms with Crippen molar-refractivity contribution in [3.8, 4) is 0 Å². The Labute approximate surface area is 100 Å². The highest BCUT2D eigenvalue weighted by Gasteiger charge is 2.19. The van der Waals surface area contributed by atoms with Crippen LogP contribution in [0.15, 0.2) is 6.20 Å². The molecule has 6 heteroatoms. The van der Waals surface area contributed by atoms with E-state index in [-0.39, 0.29) is 0 Å². The zero-order chi connectivity index (χ0) is 12.3. The number of piperazine rings is 1. The summed E-state index contributed by atoms with van der Waals surface area (Å²) >= 11 is 0. The molecule has 1 fully saturated rings. The van der Waals surface area contributed by atoms with Crippen molar-refractivity contribution in [2.75, 3.05) is 26.2 Å². The van der Waals surface area contributed by atoms with Crippen molar-refractivity contribution in [3.63, 3.8) is 0 Å². The summed E-state index contributed by atoms with van der Waals surface area (Å²) in [6.45, 7) is 7.17. The molecule has 0 aliphatic carbocycles. The minimum atomic E-state index is -0.894. The Morgan fingerprint density at radius 1 is 1.53 bits per heavy atom. The summed E-state index contributed by atoms with van der Waals surface area (Å²) < 4.78 is 1.77. The maximum absolute atomic E-state index is 11.1. The SMILES string of the molecule is CCn1ncc(C(=O)O)c1CN1CCNCC1. The Bertz CT molecular complexity index is 396. The molecular weight excluding hydrogens is 220 g/mol. The van der Waals surface area contributed by atoms with Gasteiger partial charge in [0.1, 0.15) is 5.56 Å². The van der Waals surface area contributed by atoms with Gasteiger partial charge >= 0.3 is 5.97 Å². The van der Waals surface area contributed by atoms with Gasteiger partial charge in [0, 0.05) is 39.3 Å². The topological polar surface area (TPSA) is 70.4 Å². The van der Waals surface area contributed by atoms with Crippen LogP contribution >= 0.6 is 0 Å². The number of aromatic nitrogens is 2. The van der Waals surface area contributed by atoms with Crippen LogP contribution in [0.5, 0.6) is 0 Å². The van der Waals surface area contributed by atoms with Crippen LogP contribution in [0.2, 0.25) is 0 Å².